The highest BCUT2D eigenvalue weighted by Gasteiger charge is 2.58. The summed E-state index contributed by atoms with van der Waals surface area (Å²) in [6.07, 6.45) is 10.9. The Kier molecular flexibility index (Phi) is 6.95. The Balaban J connectivity index is 1.05. The van der Waals surface area contributed by atoms with Gasteiger partial charge in [0.2, 0.25) is 0 Å². The van der Waals surface area contributed by atoms with E-state index in [0.29, 0.717) is 11.8 Å². The van der Waals surface area contributed by atoms with E-state index < -0.39 is 0 Å². The number of fused-ring (bicyclic) bond motifs is 16. The summed E-state index contributed by atoms with van der Waals surface area (Å²) in [5.74, 6) is 4.57. The Morgan fingerprint density at radius 3 is 1.87 bits per heavy atom. The average Bonchev–Trinajstić information content (AvgIpc) is 3.98. The van der Waals surface area contributed by atoms with E-state index in [0.717, 1.165) is 23.7 Å². The molecule has 6 aliphatic carbocycles. The normalized spacial score (nSPS) is 30.3. The maximum atomic E-state index is 2.65. The first-order valence-corrected chi connectivity index (χ1v) is 21.5. The van der Waals surface area contributed by atoms with Gasteiger partial charge in [-0.25, -0.2) is 0 Å². The second-order valence-electron chi connectivity index (χ2n) is 18.7. The van der Waals surface area contributed by atoms with Gasteiger partial charge in [-0.05, 0) is 172 Å². The van der Waals surface area contributed by atoms with Crippen molar-refractivity contribution in [3.63, 3.8) is 0 Å². The lowest BCUT2D eigenvalue weighted by atomic mass is 9.49. The molecule has 4 saturated carbocycles. The van der Waals surface area contributed by atoms with Crippen molar-refractivity contribution in [3.05, 3.63) is 162 Å². The molecule has 3 unspecified atom stereocenters. The van der Waals surface area contributed by atoms with Crippen molar-refractivity contribution >= 4 is 17.1 Å². The molecular formula is C54H51N. The zero-order valence-electron chi connectivity index (χ0n) is 32.3. The smallest absolute Gasteiger partial charge is 0.0468 e. The van der Waals surface area contributed by atoms with Gasteiger partial charge in [0.25, 0.3) is 0 Å². The van der Waals surface area contributed by atoms with E-state index in [1.165, 1.54) is 102 Å². The lowest BCUT2D eigenvalue weighted by Gasteiger charge is -2.54. The topological polar surface area (TPSA) is 3.24 Å². The van der Waals surface area contributed by atoms with Gasteiger partial charge in [-0.15, -0.1) is 0 Å². The molecule has 0 aliphatic heterocycles. The molecule has 6 aliphatic rings. The largest absolute Gasteiger partial charge is 0.310 e. The molecule has 0 aromatic heterocycles. The SMILES string of the molecule is C[C@@H]1CC2C[C@H](C1)[C@@]1(c3ccccc3-c3ccc(N(c4ccc(-c5ccccc5)cc4)c4ccc5c(c4)-c4ccccc4[C@]54CC5CCC4C5)cc31)[C@@H](C)C2. The fourth-order valence-electron chi connectivity index (χ4n) is 14.2. The molecule has 8 atom stereocenters. The standard InChI is InChI=1S/C54H51N/c1-34-26-37-28-35(2)54(41(27-34)30-37)51-15-9-7-12-45(51)47-24-22-44(32-52(47)54)55(42-20-17-39(18-21-42)38-10-4-3-5-11-38)43-23-25-50-48(31-43)46-13-6-8-14-49(46)53(50)33-36-16-19-40(53)29-36/h3-15,17-18,20-25,31-32,34-37,40-41H,16,19,26-30,33H2,1-2H3/t34-,35+,36?,37?,40?,41+,53-,54-/m1/s1. The van der Waals surface area contributed by atoms with Gasteiger partial charge in [0.1, 0.15) is 0 Å². The molecule has 12 rings (SSSR count). The summed E-state index contributed by atoms with van der Waals surface area (Å²) in [6, 6.07) is 54.2. The van der Waals surface area contributed by atoms with Crippen LogP contribution in [0.2, 0.25) is 0 Å². The van der Waals surface area contributed by atoms with Crippen LogP contribution in [-0.2, 0) is 10.8 Å². The van der Waals surface area contributed by atoms with Gasteiger partial charge in [-0.1, -0.05) is 123 Å². The fourth-order valence-corrected chi connectivity index (χ4v) is 14.2. The Morgan fingerprint density at radius 1 is 0.455 bits per heavy atom. The van der Waals surface area contributed by atoms with Gasteiger partial charge in [0.05, 0.1) is 0 Å². The molecule has 4 fully saturated rings. The van der Waals surface area contributed by atoms with E-state index in [1.54, 1.807) is 22.3 Å². The Hall–Kier alpha value is -4.88. The molecule has 6 aromatic carbocycles. The second-order valence-corrected chi connectivity index (χ2v) is 18.7. The summed E-state index contributed by atoms with van der Waals surface area (Å²) in [4.78, 5) is 2.58. The summed E-state index contributed by atoms with van der Waals surface area (Å²) in [5.41, 5.74) is 18.7. The van der Waals surface area contributed by atoms with Crippen molar-refractivity contribution in [1.82, 2.24) is 0 Å². The highest BCUT2D eigenvalue weighted by Crippen LogP contribution is 2.67. The molecule has 272 valence electrons. The van der Waals surface area contributed by atoms with E-state index >= 15 is 0 Å². The van der Waals surface area contributed by atoms with Crippen LogP contribution in [0.1, 0.15) is 87.5 Å². The van der Waals surface area contributed by atoms with Crippen LogP contribution in [-0.4, -0.2) is 0 Å². The summed E-state index contributed by atoms with van der Waals surface area (Å²) in [5, 5.41) is 0. The van der Waals surface area contributed by atoms with Crippen LogP contribution in [0.5, 0.6) is 0 Å². The fraction of sp³-hybridized carbons (Fsp3) is 0.333. The summed E-state index contributed by atoms with van der Waals surface area (Å²) < 4.78 is 0. The molecule has 0 amide bonds. The second kappa shape index (κ2) is 11.8. The molecule has 4 bridgehead atoms. The number of rotatable bonds is 4. The van der Waals surface area contributed by atoms with Crippen LogP contribution in [0.3, 0.4) is 0 Å². The van der Waals surface area contributed by atoms with Crippen molar-refractivity contribution in [2.45, 2.75) is 76.0 Å². The van der Waals surface area contributed by atoms with Gasteiger partial charge < -0.3 is 4.90 Å². The minimum atomic E-state index is 0.0565. The molecule has 1 heteroatoms. The lowest BCUT2D eigenvalue weighted by Crippen LogP contribution is -2.49. The van der Waals surface area contributed by atoms with Crippen LogP contribution >= 0.6 is 0 Å². The average molecular weight is 714 g/mol. The minimum Gasteiger partial charge on any atom is -0.310 e. The van der Waals surface area contributed by atoms with Crippen molar-refractivity contribution in [2.75, 3.05) is 4.90 Å². The Morgan fingerprint density at radius 2 is 1.09 bits per heavy atom. The predicted octanol–water partition coefficient (Wildman–Crippen LogP) is 14.3. The first-order valence-electron chi connectivity index (χ1n) is 21.5. The molecule has 6 aromatic rings. The van der Waals surface area contributed by atoms with Gasteiger partial charge in [0, 0.05) is 27.9 Å². The quantitative estimate of drug-likeness (QED) is 0.176. The maximum absolute atomic E-state index is 2.65. The number of benzene rings is 6. The molecule has 0 N–H and O–H groups in total. The molecular weight excluding hydrogens is 663 g/mol. The molecule has 2 spiro atoms. The highest BCUT2D eigenvalue weighted by atomic mass is 15.1. The van der Waals surface area contributed by atoms with Crippen molar-refractivity contribution < 1.29 is 0 Å². The highest BCUT2D eigenvalue weighted by molar-refractivity contribution is 5.90. The van der Waals surface area contributed by atoms with Crippen molar-refractivity contribution in [3.8, 4) is 33.4 Å². The maximum Gasteiger partial charge on any atom is 0.0468 e. The molecule has 0 radical (unpaired) electrons. The third-order valence-corrected chi connectivity index (χ3v) is 16.0. The van der Waals surface area contributed by atoms with E-state index in [9.17, 15) is 0 Å². The van der Waals surface area contributed by atoms with Crippen molar-refractivity contribution in [1.29, 1.82) is 0 Å². The summed E-state index contributed by atoms with van der Waals surface area (Å²) in [6.45, 7) is 5.12. The van der Waals surface area contributed by atoms with E-state index in [2.05, 4.69) is 158 Å². The molecule has 0 heterocycles. The van der Waals surface area contributed by atoms with Gasteiger partial charge in [0.15, 0.2) is 0 Å². The summed E-state index contributed by atoms with van der Waals surface area (Å²) in [7, 11) is 0. The van der Waals surface area contributed by atoms with Crippen LogP contribution < -0.4 is 4.90 Å². The van der Waals surface area contributed by atoms with Crippen LogP contribution in [0.4, 0.5) is 17.1 Å². The van der Waals surface area contributed by atoms with Gasteiger partial charge >= 0.3 is 0 Å². The molecule has 55 heavy (non-hydrogen) atoms. The zero-order valence-corrected chi connectivity index (χ0v) is 32.3. The van der Waals surface area contributed by atoms with Gasteiger partial charge in [-0.2, -0.15) is 0 Å². The van der Waals surface area contributed by atoms with E-state index in [4.69, 9.17) is 0 Å². The van der Waals surface area contributed by atoms with Crippen molar-refractivity contribution in [2.24, 2.45) is 35.5 Å². The molecule has 0 saturated heterocycles. The van der Waals surface area contributed by atoms with Gasteiger partial charge in [-0.3, -0.25) is 0 Å². The Labute approximate surface area is 327 Å². The zero-order chi connectivity index (χ0) is 36.5. The molecule has 1 nitrogen and oxygen atoms in total. The number of hydrogen-bond acceptors (Lipinski definition) is 1. The number of nitrogens with zero attached hydrogens (tertiary/aromatic N) is 1. The third-order valence-electron chi connectivity index (χ3n) is 16.0. The number of hydrogen-bond donors (Lipinski definition) is 0. The monoisotopic (exact) mass is 713 g/mol. The number of anilines is 3. The third kappa shape index (κ3) is 4.42. The summed E-state index contributed by atoms with van der Waals surface area (Å²) >= 11 is 0. The predicted molar refractivity (Wildman–Crippen MR) is 228 cm³/mol. The van der Waals surface area contributed by atoms with Crippen LogP contribution in [0.25, 0.3) is 33.4 Å². The van der Waals surface area contributed by atoms with E-state index in [-0.39, 0.29) is 10.8 Å². The lowest BCUT2D eigenvalue weighted by molar-refractivity contribution is 0.0426. The first-order chi connectivity index (χ1) is 27.0. The van der Waals surface area contributed by atoms with Crippen LogP contribution in [0, 0.1) is 35.5 Å². The Bertz CT molecular complexity index is 2470. The van der Waals surface area contributed by atoms with Crippen LogP contribution in [0.15, 0.2) is 140 Å². The van der Waals surface area contributed by atoms with E-state index in [1.807, 2.05) is 0 Å². The first kappa shape index (κ1) is 32.4. The minimum absolute atomic E-state index is 0.0565.